The largest absolute Gasteiger partial charge is 0.484 e. The number of amides is 1. The van der Waals surface area contributed by atoms with E-state index in [0.29, 0.717) is 0 Å². The Balaban J connectivity index is 1.62. The maximum Gasteiger partial charge on any atom is 0.450 e. The van der Waals surface area contributed by atoms with Crippen molar-refractivity contribution in [2.24, 2.45) is 0 Å². The molecule has 37 heavy (non-hydrogen) atoms. The molecule has 0 saturated heterocycles. The zero-order valence-corrected chi connectivity index (χ0v) is 19.1. The summed E-state index contributed by atoms with van der Waals surface area (Å²) in [4.78, 5) is 25.1. The van der Waals surface area contributed by atoms with Crippen molar-refractivity contribution in [1.82, 2.24) is 0 Å². The Hall–Kier alpha value is -3.99. The average molecular weight is 542 g/mol. The van der Waals surface area contributed by atoms with Gasteiger partial charge < -0.3 is 14.5 Å². The van der Waals surface area contributed by atoms with E-state index in [4.69, 9.17) is 20.8 Å². The fraction of sp³-hybridized carbons (Fsp3) is 0.120. The van der Waals surface area contributed by atoms with E-state index in [2.05, 4.69) is 5.32 Å². The lowest BCUT2D eigenvalue weighted by atomic mass is 10.0. The molecule has 0 unspecified atom stereocenters. The highest BCUT2D eigenvalue weighted by Gasteiger charge is 2.39. The molecule has 0 aliphatic heterocycles. The van der Waals surface area contributed by atoms with E-state index in [0.717, 1.165) is 30.3 Å². The van der Waals surface area contributed by atoms with Gasteiger partial charge in [0.1, 0.15) is 11.3 Å². The van der Waals surface area contributed by atoms with Crippen molar-refractivity contribution in [3.05, 3.63) is 93.3 Å². The molecule has 0 saturated carbocycles. The van der Waals surface area contributed by atoms with Crippen LogP contribution in [0.15, 0.2) is 75.9 Å². The van der Waals surface area contributed by atoms with Gasteiger partial charge in [-0.2, -0.15) is 26.3 Å². The lowest BCUT2D eigenvalue weighted by molar-refractivity contribution is -0.152. The van der Waals surface area contributed by atoms with Gasteiger partial charge >= 0.3 is 12.4 Å². The topological polar surface area (TPSA) is 68.5 Å². The lowest BCUT2D eigenvalue weighted by Gasteiger charge is -2.14. The SMILES string of the molecule is O=C(COc1ccc2c(=O)c(-c3ccc(Cl)cc3)c(C(F)(F)F)oc2c1)Nc1ccccc1C(F)(F)F. The van der Waals surface area contributed by atoms with Crippen LogP contribution in [0, 0.1) is 0 Å². The minimum Gasteiger partial charge on any atom is -0.484 e. The van der Waals surface area contributed by atoms with E-state index >= 15 is 0 Å². The predicted molar refractivity (Wildman–Crippen MR) is 124 cm³/mol. The molecular weight excluding hydrogens is 528 g/mol. The van der Waals surface area contributed by atoms with Crippen molar-refractivity contribution in [3.8, 4) is 16.9 Å². The standard InChI is InChI=1S/C25H14ClF6NO4/c26-14-7-5-13(6-8-14)21-22(35)16-10-9-15(11-19(16)37-23(21)25(30,31)32)36-12-20(34)33-18-4-2-1-3-17(18)24(27,28)29/h1-11H,12H2,(H,33,34). The molecule has 1 N–H and O–H groups in total. The second-order valence-electron chi connectivity index (χ2n) is 7.68. The highest BCUT2D eigenvalue weighted by molar-refractivity contribution is 6.30. The number of ether oxygens (including phenoxy) is 1. The van der Waals surface area contributed by atoms with Crippen molar-refractivity contribution in [3.63, 3.8) is 0 Å². The molecule has 1 heterocycles. The molecule has 12 heteroatoms. The lowest BCUT2D eigenvalue weighted by Crippen LogP contribution is -2.22. The Kier molecular flexibility index (Phi) is 6.92. The van der Waals surface area contributed by atoms with E-state index in [1.165, 1.54) is 36.4 Å². The minimum absolute atomic E-state index is 0.0523. The third-order valence-electron chi connectivity index (χ3n) is 5.13. The molecule has 192 valence electrons. The van der Waals surface area contributed by atoms with Crippen LogP contribution >= 0.6 is 11.6 Å². The number of fused-ring (bicyclic) bond motifs is 1. The maximum atomic E-state index is 13.8. The van der Waals surface area contributed by atoms with Crippen LogP contribution in [0.25, 0.3) is 22.1 Å². The van der Waals surface area contributed by atoms with Gasteiger partial charge in [-0.15, -0.1) is 0 Å². The van der Waals surface area contributed by atoms with Crippen LogP contribution in [0.2, 0.25) is 5.02 Å². The predicted octanol–water partition coefficient (Wildman–Crippen LogP) is 7.17. The van der Waals surface area contributed by atoms with E-state index in [-0.39, 0.29) is 21.7 Å². The van der Waals surface area contributed by atoms with E-state index in [9.17, 15) is 35.9 Å². The molecule has 0 fully saturated rings. The molecule has 0 spiro atoms. The molecule has 0 radical (unpaired) electrons. The number of alkyl halides is 6. The second kappa shape index (κ2) is 9.81. The highest BCUT2D eigenvalue weighted by atomic mass is 35.5. The van der Waals surface area contributed by atoms with Crippen LogP contribution in [-0.4, -0.2) is 12.5 Å². The molecule has 0 atom stereocenters. The van der Waals surface area contributed by atoms with Crippen LogP contribution in [0.4, 0.5) is 32.0 Å². The van der Waals surface area contributed by atoms with Crippen molar-refractivity contribution in [2.45, 2.75) is 12.4 Å². The number of nitrogens with one attached hydrogen (secondary N) is 1. The first kappa shape index (κ1) is 26.1. The van der Waals surface area contributed by atoms with Gasteiger partial charge in [-0.05, 0) is 42.0 Å². The summed E-state index contributed by atoms with van der Waals surface area (Å²) in [7, 11) is 0. The van der Waals surface area contributed by atoms with Gasteiger partial charge in [0, 0.05) is 11.1 Å². The first-order chi connectivity index (χ1) is 17.3. The molecule has 4 rings (SSSR count). The molecule has 5 nitrogen and oxygen atoms in total. The number of carbonyl (C=O) groups is 1. The molecule has 0 bridgehead atoms. The zero-order chi connectivity index (χ0) is 27.0. The highest BCUT2D eigenvalue weighted by Crippen LogP contribution is 2.38. The molecule has 1 amide bonds. The molecule has 0 aliphatic carbocycles. The summed E-state index contributed by atoms with van der Waals surface area (Å²) < 4.78 is 90.9. The number of para-hydroxylation sites is 1. The summed E-state index contributed by atoms with van der Waals surface area (Å²) in [5.41, 5.74) is -3.72. The average Bonchev–Trinajstić information content (AvgIpc) is 2.82. The Morgan fingerprint density at radius 1 is 0.919 bits per heavy atom. The van der Waals surface area contributed by atoms with Gasteiger partial charge in [-0.25, -0.2) is 0 Å². The van der Waals surface area contributed by atoms with Gasteiger partial charge in [-0.3, -0.25) is 9.59 Å². The van der Waals surface area contributed by atoms with Gasteiger partial charge in [0.2, 0.25) is 11.2 Å². The molecular formula is C25H14ClF6NO4. The summed E-state index contributed by atoms with van der Waals surface area (Å²) in [5.74, 6) is -2.64. The molecule has 4 aromatic rings. The van der Waals surface area contributed by atoms with E-state index in [1.807, 2.05) is 0 Å². The molecule has 0 aliphatic rings. The summed E-state index contributed by atoms with van der Waals surface area (Å²) in [6.07, 6.45) is -9.73. The van der Waals surface area contributed by atoms with Crippen LogP contribution in [-0.2, 0) is 17.1 Å². The summed E-state index contributed by atoms with van der Waals surface area (Å²) in [6, 6.07) is 12.8. The minimum atomic E-state index is -5.02. The second-order valence-corrected chi connectivity index (χ2v) is 8.11. The number of hydrogen-bond donors (Lipinski definition) is 1. The Bertz CT molecular complexity index is 1530. The van der Waals surface area contributed by atoms with Crippen molar-refractivity contribution in [2.75, 3.05) is 11.9 Å². The third-order valence-corrected chi connectivity index (χ3v) is 5.38. The number of anilines is 1. The van der Waals surface area contributed by atoms with Crippen molar-refractivity contribution >= 4 is 34.2 Å². The maximum absolute atomic E-state index is 13.8. The van der Waals surface area contributed by atoms with Gasteiger partial charge in [0.05, 0.1) is 22.2 Å². The van der Waals surface area contributed by atoms with Crippen LogP contribution in [0.3, 0.4) is 0 Å². The fourth-order valence-corrected chi connectivity index (χ4v) is 3.64. The first-order valence-electron chi connectivity index (χ1n) is 10.4. The monoisotopic (exact) mass is 541 g/mol. The van der Waals surface area contributed by atoms with Gasteiger partial charge in [0.25, 0.3) is 5.91 Å². The van der Waals surface area contributed by atoms with Crippen molar-refractivity contribution < 1.29 is 40.3 Å². The zero-order valence-electron chi connectivity index (χ0n) is 18.3. The normalized spacial score (nSPS) is 12.0. The number of carbonyl (C=O) groups excluding carboxylic acids is 1. The van der Waals surface area contributed by atoms with Crippen LogP contribution < -0.4 is 15.5 Å². The Labute approximate surface area is 209 Å². The Morgan fingerprint density at radius 3 is 2.24 bits per heavy atom. The van der Waals surface area contributed by atoms with Gasteiger partial charge in [0.15, 0.2) is 6.61 Å². The third kappa shape index (κ3) is 5.72. The first-order valence-corrected chi connectivity index (χ1v) is 10.8. The number of rotatable bonds is 5. The van der Waals surface area contributed by atoms with E-state index < -0.39 is 58.5 Å². The van der Waals surface area contributed by atoms with Gasteiger partial charge in [-0.1, -0.05) is 35.9 Å². The molecule has 3 aromatic carbocycles. The smallest absolute Gasteiger partial charge is 0.450 e. The quantitative estimate of drug-likeness (QED) is 0.272. The van der Waals surface area contributed by atoms with E-state index in [1.54, 1.807) is 0 Å². The van der Waals surface area contributed by atoms with Crippen LogP contribution in [0.1, 0.15) is 11.3 Å². The van der Waals surface area contributed by atoms with Crippen molar-refractivity contribution in [1.29, 1.82) is 0 Å². The number of benzene rings is 3. The Morgan fingerprint density at radius 2 is 1.59 bits per heavy atom. The summed E-state index contributed by atoms with van der Waals surface area (Å²) in [5, 5.41) is 2.15. The number of hydrogen-bond acceptors (Lipinski definition) is 4. The molecule has 1 aromatic heterocycles. The van der Waals surface area contributed by atoms with Crippen LogP contribution in [0.5, 0.6) is 5.75 Å². The number of halogens is 7. The summed E-state index contributed by atoms with van der Waals surface area (Å²) in [6.45, 7) is -0.767. The summed E-state index contributed by atoms with van der Waals surface area (Å²) >= 11 is 5.79. The fourth-order valence-electron chi connectivity index (χ4n) is 3.52.